The fourth-order valence-corrected chi connectivity index (χ4v) is 5.91. The van der Waals surface area contributed by atoms with Crippen molar-refractivity contribution in [3.8, 4) is 11.1 Å². The van der Waals surface area contributed by atoms with E-state index < -0.39 is 103 Å². The summed E-state index contributed by atoms with van der Waals surface area (Å²) in [5.41, 5.74) is 10.9. The second kappa shape index (κ2) is 19.7. The van der Waals surface area contributed by atoms with E-state index in [4.69, 9.17) is 16.6 Å². The number of carboxylic acid groups (broad SMARTS) is 1. The summed E-state index contributed by atoms with van der Waals surface area (Å²) in [4.78, 5) is 75.4. The average molecular weight is 810 g/mol. The summed E-state index contributed by atoms with van der Waals surface area (Å²) in [5.74, 6) is -8.20. The number of nitrogens with zero attached hydrogens (tertiary/aromatic N) is 2. The first-order chi connectivity index (χ1) is 26.6. The molecular formula is C37H44F5N7O8. The van der Waals surface area contributed by atoms with Crippen LogP contribution >= 0.6 is 0 Å². The van der Waals surface area contributed by atoms with E-state index in [1.807, 2.05) is 5.32 Å². The van der Waals surface area contributed by atoms with Crippen LogP contribution < -0.4 is 27.4 Å². The topological polar surface area (TPSA) is 228 Å². The largest absolute Gasteiger partial charge is 0.490 e. The minimum Gasteiger partial charge on any atom is -0.465 e. The molecule has 0 bridgehead atoms. The lowest BCUT2D eigenvalue weighted by Gasteiger charge is -2.41. The molecule has 310 valence electrons. The summed E-state index contributed by atoms with van der Waals surface area (Å²) >= 11 is 0. The number of carbonyl (C=O) groups is 6. The molecule has 0 saturated heterocycles. The van der Waals surface area contributed by atoms with Gasteiger partial charge in [0.2, 0.25) is 17.7 Å². The van der Waals surface area contributed by atoms with Gasteiger partial charge in [0.15, 0.2) is 6.61 Å². The Labute approximate surface area is 323 Å². The van der Waals surface area contributed by atoms with Crippen LogP contribution in [0.4, 0.5) is 26.7 Å². The number of carbonyl (C=O) groups excluding carboxylic acids is 5. The lowest BCUT2D eigenvalue weighted by molar-refractivity contribution is -0.201. The van der Waals surface area contributed by atoms with Gasteiger partial charge in [0.25, 0.3) is 5.91 Å². The molecule has 2 aromatic carbocycles. The van der Waals surface area contributed by atoms with Crippen molar-refractivity contribution in [1.29, 1.82) is 0 Å². The lowest BCUT2D eigenvalue weighted by Crippen LogP contribution is -2.54. The van der Waals surface area contributed by atoms with Gasteiger partial charge < -0.3 is 46.7 Å². The number of nitrogens with one attached hydrogen (secondary N) is 3. The zero-order chi connectivity index (χ0) is 42.7. The number of ether oxygens (including phenoxy) is 1. The van der Waals surface area contributed by atoms with E-state index in [0.717, 1.165) is 28.7 Å². The molecular weight excluding hydrogens is 765 g/mol. The minimum atomic E-state index is -5.45. The maximum Gasteiger partial charge on any atom is 0.490 e. The summed E-state index contributed by atoms with van der Waals surface area (Å²) < 4.78 is 75.0. The van der Waals surface area contributed by atoms with Crippen LogP contribution in [-0.2, 0) is 35.3 Å². The van der Waals surface area contributed by atoms with Crippen LogP contribution in [0.15, 0.2) is 60.8 Å². The third kappa shape index (κ3) is 13.6. The van der Waals surface area contributed by atoms with Crippen molar-refractivity contribution in [2.24, 2.45) is 16.9 Å². The zero-order valence-corrected chi connectivity index (χ0v) is 31.2. The third-order valence-corrected chi connectivity index (χ3v) is 8.41. The second-order valence-corrected chi connectivity index (χ2v) is 14.0. The Morgan fingerprint density at radius 3 is 2.18 bits per heavy atom. The van der Waals surface area contributed by atoms with Gasteiger partial charge in [0, 0.05) is 49.2 Å². The molecule has 3 atom stereocenters. The molecule has 0 aliphatic carbocycles. The molecule has 0 aliphatic rings. The van der Waals surface area contributed by atoms with Crippen LogP contribution in [0.2, 0.25) is 0 Å². The molecule has 15 nitrogen and oxygen atoms in total. The number of hydrogen-bond donors (Lipinski definition) is 6. The smallest absolute Gasteiger partial charge is 0.465 e. The predicted octanol–water partition coefficient (Wildman–Crippen LogP) is 2.96. The zero-order valence-electron chi connectivity index (χ0n) is 31.2. The average Bonchev–Trinajstić information content (AvgIpc) is 3.51. The van der Waals surface area contributed by atoms with Crippen LogP contribution in [0.5, 0.6) is 0 Å². The van der Waals surface area contributed by atoms with Gasteiger partial charge in [-0.2, -0.15) is 13.2 Å². The molecule has 0 saturated carbocycles. The molecule has 57 heavy (non-hydrogen) atoms. The third-order valence-electron chi connectivity index (χ3n) is 8.41. The molecule has 3 aromatic rings. The lowest BCUT2D eigenvalue weighted by atomic mass is 9.82. The fourth-order valence-electron chi connectivity index (χ4n) is 5.91. The molecule has 1 aromatic heterocycles. The quantitative estimate of drug-likeness (QED) is 0.0630. The van der Waals surface area contributed by atoms with Crippen molar-refractivity contribution in [3.05, 3.63) is 83.7 Å². The summed E-state index contributed by atoms with van der Waals surface area (Å²) in [6.45, 7) is 2.66. The van der Waals surface area contributed by atoms with Gasteiger partial charge in [-0.3, -0.25) is 19.2 Å². The van der Waals surface area contributed by atoms with Crippen molar-refractivity contribution in [1.82, 2.24) is 25.4 Å². The summed E-state index contributed by atoms with van der Waals surface area (Å²) in [7, 11) is 0. The van der Waals surface area contributed by atoms with E-state index in [9.17, 15) is 46.3 Å². The molecule has 0 fully saturated rings. The van der Waals surface area contributed by atoms with E-state index in [1.165, 1.54) is 12.3 Å². The molecule has 0 unspecified atom stereocenters. The van der Waals surface area contributed by atoms with Crippen LogP contribution in [0.3, 0.4) is 0 Å². The first kappa shape index (κ1) is 45.3. The van der Waals surface area contributed by atoms with E-state index in [0.29, 0.717) is 0 Å². The van der Waals surface area contributed by atoms with E-state index in [-0.39, 0.29) is 36.5 Å². The first-order valence-corrected chi connectivity index (χ1v) is 17.4. The van der Waals surface area contributed by atoms with Crippen LogP contribution in [-0.4, -0.2) is 94.8 Å². The van der Waals surface area contributed by atoms with Gasteiger partial charge in [-0.1, -0.05) is 51.1 Å². The van der Waals surface area contributed by atoms with E-state index in [1.54, 1.807) is 55.7 Å². The van der Waals surface area contributed by atoms with Crippen molar-refractivity contribution < 1.29 is 60.6 Å². The van der Waals surface area contributed by atoms with Crippen LogP contribution in [0, 0.1) is 17.0 Å². The summed E-state index contributed by atoms with van der Waals surface area (Å²) in [6.07, 6.45) is -6.41. The Bertz CT molecular complexity index is 1920. The summed E-state index contributed by atoms with van der Waals surface area (Å²) in [5, 5.41) is 15.7. The van der Waals surface area contributed by atoms with Crippen LogP contribution in [0.25, 0.3) is 11.1 Å². The minimum absolute atomic E-state index is 0.105. The van der Waals surface area contributed by atoms with Crippen molar-refractivity contribution in [2.45, 2.75) is 64.5 Å². The van der Waals surface area contributed by atoms with Gasteiger partial charge >= 0.3 is 18.2 Å². The number of amides is 5. The molecule has 8 N–H and O–H groups in total. The molecule has 0 radical (unpaired) electrons. The molecule has 1 heterocycles. The number of alkyl halides is 3. The fraction of sp³-hybridized carbons (Fsp3) is 0.405. The first-order valence-electron chi connectivity index (χ1n) is 17.4. The molecule has 20 heteroatoms. The van der Waals surface area contributed by atoms with Gasteiger partial charge in [-0.05, 0) is 41.7 Å². The number of rotatable bonds is 18. The van der Waals surface area contributed by atoms with Crippen molar-refractivity contribution in [3.63, 3.8) is 0 Å². The number of nitrogens with two attached hydrogens (primary N) is 2. The SMILES string of the molecule is CC(C)(C)[C@H](c1cc(-c2cc(F)ccc2F)cn1Cc1ccccc1)N(CC[C@H](NC(=O)[C@@H](N)CC(N)=O)C(=O)NCCNC(=O)O)C(=O)COC(=O)C(F)(F)F. The molecule has 5 amide bonds. The normalized spacial score (nSPS) is 13.1. The highest BCUT2D eigenvalue weighted by molar-refractivity contribution is 5.92. The van der Waals surface area contributed by atoms with Crippen molar-refractivity contribution in [2.75, 3.05) is 26.2 Å². The maximum absolute atomic E-state index is 15.2. The number of benzene rings is 2. The van der Waals surface area contributed by atoms with Crippen molar-refractivity contribution >= 4 is 35.7 Å². The number of primary amides is 1. The Morgan fingerprint density at radius 2 is 1.58 bits per heavy atom. The van der Waals surface area contributed by atoms with Gasteiger partial charge in [0.1, 0.15) is 17.7 Å². The van der Waals surface area contributed by atoms with Crippen LogP contribution in [0.1, 0.15) is 50.9 Å². The monoisotopic (exact) mass is 809 g/mol. The highest BCUT2D eigenvalue weighted by atomic mass is 19.4. The predicted molar refractivity (Wildman–Crippen MR) is 194 cm³/mol. The maximum atomic E-state index is 15.2. The van der Waals surface area contributed by atoms with Gasteiger partial charge in [-0.15, -0.1) is 0 Å². The highest BCUT2D eigenvalue weighted by Gasteiger charge is 2.43. The van der Waals surface area contributed by atoms with Gasteiger partial charge in [-0.25, -0.2) is 18.4 Å². The Balaban J connectivity index is 2.17. The van der Waals surface area contributed by atoms with E-state index in [2.05, 4.69) is 15.4 Å². The Kier molecular flexibility index (Phi) is 15.7. The number of halogens is 5. The second-order valence-electron chi connectivity index (χ2n) is 14.0. The Hall–Kier alpha value is -6.05. The molecule has 3 rings (SSSR count). The number of hydrogen-bond acceptors (Lipinski definition) is 8. The number of aromatic nitrogens is 1. The molecule has 0 aliphatic heterocycles. The highest BCUT2D eigenvalue weighted by Crippen LogP contribution is 2.41. The Morgan fingerprint density at radius 1 is 0.930 bits per heavy atom. The molecule has 0 spiro atoms. The standard InChI is InChI=1S/C37H44F5N7O8/c1-36(2,3)31(28-15-22(24-16-23(38)9-10-25(24)39)19-48(28)18-21-7-5-4-6-8-21)49(30(51)20-57-34(54)37(40,41)42)14-11-27(33(53)45-12-13-46-35(55)56)47-32(52)26(43)17-29(44)50/h4-10,15-16,19,26-27,31,46H,11-14,17-18,20,43H2,1-3H3,(H2,44,50)(H,45,53)(H,47,52)(H,55,56)/t26-,27-,31-/m0/s1. The van der Waals surface area contributed by atoms with Gasteiger partial charge in [0.05, 0.1) is 18.5 Å². The summed E-state index contributed by atoms with van der Waals surface area (Å²) in [6, 6.07) is 8.89. The number of esters is 1. The van der Waals surface area contributed by atoms with E-state index >= 15 is 4.39 Å².